The molecule has 1 fully saturated rings. The predicted octanol–water partition coefficient (Wildman–Crippen LogP) is 1.23. The fourth-order valence-electron chi connectivity index (χ4n) is 2.44. The van der Waals surface area contributed by atoms with Crippen LogP contribution in [-0.2, 0) is 20.9 Å². The molecule has 0 N–H and O–H groups in total. The molecule has 1 saturated heterocycles. The van der Waals surface area contributed by atoms with Gasteiger partial charge in [0.1, 0.15) is 11.5 Å². The summed E-state index contributed by atoms with van der Waals surface area (Å²) in [7, 11) is 4.49. The highest BCUT2D eigenvalue weighted by Crippen LogP contribution is 2.28. The van der Waals surface area contributed by atoms with Gasteiger partial charge in [0.25, 0.3) is 0 Å². The number of carbonyl (C=O) groups is 2. The Bertz CT molecular complexity index is 543. The number of ether oxygens (including phenoxy) is 3. The minimum absolute atomic E-state index is 0.0525. The summed E-state index contributed by atoms with van der Waals surface area (Å²) in [5.41, 5.74) is 0.872. The molecule has 0 aliphatic carbocycles. The van der Waals surface area contributed by atoms with Crippen molar-refractivity contribution in [2.75, 3.05) is 27.9 Å². The minimum atomic E-state index is -0.383. The molecule has 114 valence electrons. The molecule has 1 aromatic rings. The lowest BCUT2D eigenvalue weighted by Gasteiger charge is -2.18. The first-order valence-corrected chi connectivity index (χ1v) is 6.65. The van der Waals surface area contributed by atoms with Gasteiger partial charge in [0.15, 0.2) is 0 Å². The Morgan fingerprint density at radius 2 is 2.05 bits per heavy atom. The van der Waals surface area contributed by atoms with Crippen molar-refractivity contribution in [3.63, 3.8) is 0 Å². The van der Waals surface area contributed by atoms with Crippen LogP contribution < -0.4 is 9.47 Å². The molecule has 1 amide bonds. The van der Waals surface area contributed by atoms with E-state index in [4.69, 9.17) is 14.2 Å². The van der Waals surface area contributed by atoms with E-state index in [1.54, 1.807) is 25.2 Å². The van der Waals surface area contributed by atoms with Crippen LogP contribution in [0.2, 0.25) is 0 Å². The quantitative estimate of drug-likeness (QED) is 0.764. The molecule has 0 bridgehead atoms. The molecular weight excluding hydrogens is 274 g/mol. The summed E-state index contributed by atoms with van der Waals surface area (Å²) in [5.74, 6) is 0.571. The number of rotatable bonds is 5. The molecule has 0 radical (unpaired) electrons. The SMILES string of the molecule is COC(=O)C1CC(=O)N(Cc2ccc(OC)cc2OC)C1. The first kappa shape index (κ1) is 15.2. The zero-order valence-corrected chi connectivity index (χ0v) is 12.4. The fourth-order valence-corrected chi connectivity index (χ4v) is 2.44. The second kappa shape index (κ2) is 6.47. The van der Waals surface area contributed by atoms with E-state index in [-0.39, 0.29) is 24.2 Å². The third-order valence-corrected chi connectivity index (χ3v) is 3.60. The Kier molecular flexibility index (Phi) is 4.67. The number of carbonyl (C=O) groups excluding carboxylic acids is 2. The largest absolute Gasteiger partial charge is 0.497 e. The third kappa shape index (κ3) is 3.26. The van der Waals surface area contributed by atoms with Crippen LogP contribution in [0.15, 0.2) is 18.2 Å². The van der Waals surface area contributed by atoms with Gasteiger partial charge >= 0.3 is 5.97 Å². The maximum atomic E-state index is 12.0. The van der Waals surface area contributed by atoms with Gasteiger partial charge in [0.05, 0.1) is 27.2 Å². The first-order valence-electron chi connectivity index (χ1n) is 6.65. The molecule has 1 aromatic carbocycles. The van der Waals surface area contributed by atoms with Gasteiger partial charge in [-0.15, -0.1) is 0 Å². The number of amides is 1. The van der Waals surface area contributed by atoms with E-state index < -0.39 is 0 Å². The van der Waals surface area contributed by atoms with E-state index >= 15 is 0 Å². The second-order valence-corrected chi connectivity index (χ2v) is 4.88. The van der Waals surface area contributed by atoms with Crippen molar-refractivity contribution in [2.45, 2.75) is 13.0 Å². The van der Waals surface area contributed by atoms with E-state index in [1.165, 1.54) is 7.11 Å². The summed E-state index contributed by atoms with van der Waals surface area (Å²) in [6.07, 6.45) is 0.200. The van der Waals surface area contributed by atoms with E-state index in [0.717, 1.165) is 5.56 Å². The van der Waals surface area contributed by atoms with Crippen molar-refractivity contribution in [1.29, 1.82) is 0 Å². The second-order valence-electron chi connectivity index (χ2n) is 4.88. The fraction of sp³-hybridized carbons (Fsp3) is 0.467. The van der Waals surface area contributed by atoms with Crippen LogP contribution >= 0.6 is 0 Å². The maximum absolute atomic E-state index is 12.0. The van der Waals surface area contributed by atoms with Crippen molar-refractivity contribution in [2.24, 2.45) is 5.92 Å². The Morgan fingerprint density at radius 3 is 2.67 bits per heavy atom. The van der Waals surface area contributed by atoms with Crippen LogP contribution in [0.25, 0.3) is 0 Å². The van der Waals surface area contributed by atoms with Crippen molar-refractivity contribution in [3.8, 4) is 11.5 Å². The number of methoxy groups -OCH3 is 3. The summed E-state index contributed by atoms with van der Waals surface area (Å²) in [5, 5.41) is 0. The lowest BCUT2D eigenvalue weighted by molar-refractivity contribution is -0.145. The number of hydrogen-bond acceptors (Lipinski definition) is 5. The van der Waals surface area contributed by atoms with Gasteiger partial charge < -0.3 is 19.1 Å². The highest BCUT2D eigenvalue weighted by Gasteiger charge is 2.35. The molecule has 6 nitrogen and oxygen atoms in total. The normalized spacial score (nSPS) is 17.8. The van der Waals surface area contributed by atoms with Gasteiger partial charge in [-0.05, 0) is 12.1 Å². The van der Waals surface area contributed by atoms with E-state index in [1.807, 2.05) is 12.1 Å². The van der Waals surface area contributed by atoms with Gasteiger partial charge in [-0.2, -0.15) is 0 Å². The predicted molar refractivity (Wildman–Crippen MR) is 75.1 cm³/mol. The standard InChI is InChI=1S/C15H19NO5/c1-19-12-5-4-10(13(7-12)20-2)8-16-9-11(6-14(16)17)15(18)21-3/h4-5,7,11H,6,8-9H2,1-3H3. The molecule has 0 aromatic heterocycles. The van der Waals surface area contributed by atoms with E-state index in [2.05, 4.69) is 0 Å². The zero-order valence-electron chi connectivity index (χ0n) is 12.4. The molecule has 1 atom stereocenters. The van der Waals surface area contributed by atoms with Crippen LogP contribution in [0, 0.1) is 5.92 Å². The molecular formula is C15H19NO5. The Hall–Kier alpha value is -2.24. The van der Waals surface area contributed by atoms with E-state index in [9.17, 15) is 9.59 Å². The first-order chi connectivity index (χ1) is 10.1. The number of hydrogen-bond donors (Lipinski definition) is 0. The van der Waals surface area contributed by atoms with Crippen LogP contribution in [0.5, 0.6) is 11.5 Å². The molecule has 2 rings (SSSR count). The highest BCUT2D eigenvalue weighted by atomic mass is 16.5. The third-order valence-electron chi connectivity index (χ3n) is 3.60. The van der Waals surface area contributed by atoms with Gasteiger partial charge in [-0.25, -0.2) is 0 Å². The number of benzene rings is 1. The Morgan fingerprint density at radius 1 is 1.29 bits per heavy atom. The van der Waals surface area contributed by atoms with Gasteiger partial charge in [-0.3, -0.25) is 9.59 Å². The Balaban J connectivity index is 2.11. The summed E-state index contributed by atoms with van der Waals surface area (Å²) in [4.78, 5) is 25.2. The maximum Gasteiger partial charge on any atom is 0.310 e. The van der Waals surface area contributed by atoms with Crippen LogP contribution in [0.4, 0.5) is 0 Å². The average Bonchev–Trinajstić information content (AvgIpc) is 2.88. The van der Waals surface area contributed by atoms with Crippen molar-refractivity contribution >= 4 is 11.9 Å². The van der Waals surface area contributed by atoms with Crippen molar-refractivity contribution in [1.82, 2.24) is 4.90 Å². The average molecular weight is 293 g/mol. The van der Waals surface area contributed by atoms with Crippen molar-refractivity contribution in [3.05, 3.63) is 23.8 Å². The smallest absolute Gasteiger partial charge is 0.310 e. The minimum Gasteiger partial charge on any atom is -0.497 e. The van der Waals surface area contributed by atoms with Gasteiger partial charge in [0.2, 0.25) is 5.91 Å². The molecule has 21 heavy (non-hydrogen) atoms. The number of esters is 1. The lowest BCUT2D eigenvalue weighted by Crippen LogP contribution is -2.26. The van der Waals surface area contributed by atoms with Crippen LogP contribution in [-0.4, -0.2) is 44.7 Å². The number of nitrogens with zero attached hydrogens (tertiary/aromatic N) is 1. The molecule has 1 unspecified atom stereocenters. The van der Waals surface area contributed by atoms with E-state index in [0.29, 0.717) is 24.6 Å². The topological polar surface area (TPSA) is 65.1 Å². The summed E-state index contributed by atoms with van der Waals surface area (Å²) < 4.78 is 15.2. The van der Waals surface area contributed by atoms with Crippen LogP contribution in [0.3, 0.4) is 0 Å². The monoisotopic (exact) mass is 293 g/mol. The van der Waals surface area contributed by atoms with Crippen LogP contribution in [0.1, 0.15) is 12.0 Å². The van der Waals surface area contributed by atoms with Gasteiger partial charge in [0, 0.05) is 31.1 Å². The lowest BCUT2D eigenvalue weighted by atomic mass is 10.1. The Labute approximate surface area is 123 Å². The molecule has 0 spiro atoms. The molecule has 1 aliphatic rings. The zero-order chi connectivity index (χ0) is 15.4. The molecule has 1 heterocycles. The number of likely N-dealkylation sites (tertiary alicyclic amines) is 1. The van der Waals surface area contributed by atoms with Crippen molar-refractivity contribution < 1.29 is 23.8 Å². The molecule has 6 heteroatoms. The molecule has 0 saturated carbocycles. The highest BCUT2D eigenvalue weighted by molar-refractivity contribution is 5.86. The molecule has 1 aliphatic heterocycles. The summed E-state index contributed by atoms with van der Waals surface area (Å²) >= 11 is 0. The van der Waals surface area contributed by atoms with Gasteiger partial charge in [-0.1, -0.05) is 0 Å². The summed E-state index contributed by atoms with van der Waals surface area (Å²) in [6, 6.07) is 5.44. The summed E-state index contributed by atoms with van der Waals surface area (Å²) in [6.45, 7) is 0.778.